The van der Waals surface area contributed by atoms with Crippen LogP contribution in [0.5, 0.6) is 0 Å². The monoisotopic (exact) mass is 367 g/mol. The van der Waals surface area contributed by atoms with E-state index in [4.69, 9.17) is 4.74 Å². The standard InChI is InChI=1S/C22H25OP2/c1-2-23-18-19-25(21-14-8-4-9-15-21,22-16-10-5-11-17-22)24-20-12-6-3-7-13-20/h3-17,24H,2,18-19H2,1H3/q+1. The fourth-order valence-corrected chi connectivity index (χ4v) is 10.8. The molecule has 0 saturated carbocycles. The van der Waals surface area contributed by atoms with Gasteiger partial charge in [0.05, 0.1) is 21.0 Å². The number of benzene rings is 3. The van der Waals surface area contributed by atoms with Crippen LogP contribution in [0.3, 0.4) is 0 Å². The third kappa shape index (κ3) is 4.56. The van der Waals surface area contributed by atoms with E-state index in [1.54, 1.807) is 0 Å². The van der Waals surface area contributed by atoms with Crippen molar-refractivity contribution in [2.45, 2.75) is 6.92 Å². The molecule has 0 aliphatic carbocycles. The highest BCUT2D eigenvalue weighted by atomic mass is 32.1. The molecule has 1 unspecified atom stereocenters. The van der Waals surface area contributed by atoms with Gasteiger partial charge in [0.1, 0.15) is 17.6 Å². The van der Waals surface area contributed by atoms with E-state index in [2.05, 4.69) is 97.9 Å². The van der Waals surface area contributed by atoms with Gasteiger partial charge in [0.15, 0.2) is 0 Å². The predicted molar refractivity (Wildman–Crippen MR) is 115 cm³/mol. The predicted octanol–water partition coefficient (Wildman–Crippen LogP) is 4.61. The van der Waals surface area contributed by atoms with Crippen LogP contribution in [0.25, 0.3) is 0 Å². The maximum Gasteiger partial charge on any atom is 0.102 e. The van der Waals surface area contributed by atoms with Crippen LogP contribution in [0, 0.1) is 0 Å². The molecule has 0 aliphatic heterocycles. The Bertz CT molecular complexity index is 705. The molecule has 0 aromatic heterocycles. The summed E-state index contributed by atoms with van der Waals surface area (Å²) in [5.74, 6) is 0. The molecule has 1 nitrogen and oxygen atoms in total. The molecule has 3 heteroatoms. The van der Waals surface area contributed by atoms with Crippen LogP contribution in [0.4, 0.5) is 0 Å². The average Bonchev–Trinajstić information content (AvgIpc) is 2.69. The Balaban J connectivity index is 2.09. The van der Waals surface area contributed by atoms with Gasteiger partial charge >= 0.3 is 0 Å². The first-order valence-electron chi connectivity index (χ1n) is 8.75. The van der Waals surface area contributed by atoms with E-state index in [0.29, 0.717) is 0 Å². The summed E-state index contributed by atoms with van der Waals surface area (Å²) in [7, 11) is 0.763. The van der Waals surface area contributed by atoms with Crippen molar-refractivity contribution in [1.82, 2.24) is 0 Å². The summed E-state index contributed by atoms with van der Waals surface area (Å²) in [5.41, 5.74) is 0. The lowest BCUT2D eigenvalue weighted by Crippen LogP contribution is -2.25. The van der Waals surface area contributed by atoms with Crippen LogP contribution in [0.1, 0.15) is 6.92 Å². The molecule has 0 N–H and O–H groups in total. The Morgan fingerprint density at radius 1 is 0.720 bits per heavy atom. The van der Waals surface area contributed by atoms with Crippen LogP contribution in [0.15, 0.2) is 91.0 Å². The lowest BCUT2D eigenvalue weighted by Gasteiger charge is -2.27. The molecular weight excluding hydrogens is 342 g/mol. The molecule has 0 fully saturated rings. The van der Waals surface area contributed by atoms with Crippen LogP contribution >= 0.6 is 15.2 Å². The highest BCUT2D eigenvalue weighted by Crippen LogP contribution is 2.71. The zero-order valence-corrected chi connectivity index (χ0v) is 16.5. The van der Waals surface area contributed by atoms with Gasteiger partial charge in [0.25, 0.3) is 0 Å². The molecule has 3 aromatic carbocycles. The van der Waals surface area contributed by atoms with Gasteiger partial charge in [-0.2, -0.15) is 0 Å². The molecule has 0 saturated heterocycles. The highest BCUT2D eigenvalue weighted by molar-refractivity contribution is 8.40. The van der Waals surface area contributed by atoms with Crippen molar-refractivity contribution < 1.29 is 4.74 Å². The minimum atomic E-state index is -1.55. The summed E-state index contributed by atoms with van der Waals surface area (Å²) in [6.07, 6.45) is 1.09. The van der Waals surface area contributed by atoms with Gasteiger partial charge in [-0.25, -0.2) is 0 Å². The first-order chi connectivity index (χ1) is 12.3. The third-order valence-corrected chi connectivity index (χ3v) is 12.6. The maximum absolute atomic E-state index is 5.80. The molecule has 25 heavy (non-hydrogen) atoms. The second kappa shape index (κ2) is 9.25. The van der Waals surface area contributed by atoms with Gasteiger partial charge < -0.3 is 4.74 Å². The first kappa shape index (κ1) is 18.3. The molecule has 0 bridgehead atoms. The van der Waals surface area contributed by atoms with Crippen molar-refractivity contribution in [1.29, 1.82) is 0 Å². The topological polar surface area (TPSA) is 9.23 Å². The Morgan fingerprint density at radius 3 is 1.68 bits per heavy atom. The summed E-state index contributed by atoms with van der Waals surface area (Å²) >= 11 is 0. The van der Waals surface area contributed by atoms with Crippen LogP contribution in [0.2, 0.25) is 0 Å². The SMILES string of the molecule is CCOCC[P+](Pc1ccccc1)(c1ccccc1)c1ccccc1. The van der Waals surface area contributed by atoms with E-state index in [9.17, 15) is 0 Å². The Hall–Kier alpha value is -1.52. The summed E-state index contributed by atoms with van der Waals surface area (Å²) in [6, 6.07) is 33.0. The zero-order valence-electron chi connectivity index (χ0n) is 14.6. The Labute approximate surface area is 153 Å². The normalized spacial score (nSPS) is 11.9. The lowest BCUT2D eigenvalue weighted by molar-refractivity contribution is 0.164. The molecule has 1 atom stereocenters. The Morgan fingerprint density at radius 2 is 1.20 bits per heavy atom. The van der Waals surface area contributed by atoms with Crippen molar-refractivity contribution >= 4 is 31.1 Å². The van der Waals surface area contributed by atoms with E-state index in [-0.39, 0.29) is 0 Å². The van der Waals surface area contributed by atoms with Crippen molar-refractivity contribution in [3.63, 3.8) is 0 Å². The van der Waals surface area contributed by atoms with Crippen LogP contribution < -0.4 is 15.9 Å². The molecular formula is C22H25OP2+. The van der Waals surface area contributed by atoms with E-state index < -0.39 is 6.95 Å². The second-order valence-corrected chi connectivity index (χ2v) is 12.7. The van der Waals surface area contributed by atoms with Gasteiger partial charge in [0.2, 0.25) is 0 Å². The summed E-state index contributed by atoms with van der Waals surface area (Å²) in [5, 5.41) is 4.38. The largest absolute Gasteiger partial charge is 0.378 e. The summed E-state index contributed by atoms with van der Waals surface area (Å²) in [6.45, 7) is 2.11. The number of hydrogen-bond donors (Lipinski definition) is 0. The van der Waals surface area contributed by atoms with Crippen LogP contribution in [-0.4, -0.2) is 19.4 Å². The van der Waals surface area contributed by atoms with Crippen molar-refractivity contribution in [3.8, 4) is 0 Å². The minimum Gasteiger partial charge on any atom is -0.378 e. The van der Waals surface area contributed by atoms with Gasteiger partial charge in [-0.3, -0.25) is 0 Å². The average molecular weight is 367 g/mol. The molecule has 0 heterocycles. The third-order valence-electron chi connectivity index (χ3n) is 4.26. The van der Waals surface area contributed by atoms with E-state index >= 15 is 0 Å². The molecule has 0 radical (unpaired) electrons. The molecule has 3 rings (SSSR count). The van der Waals surface area contributed by atoms with Gasteiger partial charge in [-0.05, 0) is 31.2 Å². The number of rotatable bonds is 8. The second-order valence-electron chi connectivity index (χ2n) is 5.88. The molecule has 0 aliphatic rings. The lowest BCUT2D eigenvalue weighted by atomic mass is 10.4. The number of ether oxygens (including phenoxy) is 1. The van der Waals surface area contributed by atoms with Gasteiger partial charge in [0, 0.05) is 11.9 Å². The first-order valence-corrected chi connectivity index (χ1v) is 12.6. The van der Waals surface area contributed by atoms with Crippen LogP contribution in [-0.2, 0) is 4.74 Å². The molecule has 3 aromatic rings. The minimum absolute atomic E-state index is 0.763. The number of hydrogen-bond acceptors (Lipinski definition) is 1. The van der Waals surface area contributed by atoms with E-state index in [0.717, 1.165) is 27.6 Å². The Kier molecular flexibility index (Phi) is 6.76. The quantitative estimate of drug-likeness (QED) is 0.417. The smallest absolute Gasteiger partial charge is 0.102 e. The highest BCUT2D eigenvalue weighted by Gasteiger charge is 2.43. The molecule has 0 spiro atoms. The van der Waals surface area contributed by atoms with Crippen molar-refractivity contribution in [2.75, 3.05) is 19.4 Å². The van der Waals surface area contributed by atoms with E-state index in [1.807, 2.05) is 0 Å². The molecule has 128 valence electrons. The zero-order chi connectivity index (χ0) is 17.4. The summed E-state index contributed by atoms with van der Waals surface area (Å²) < 4.78 is 5.80. The van der Waals surface area contributed by atoms with Gasteiger partial charge in [-0.1, -0.05) is 66.7 Å². The molecule has 0 amide bonds. The van der Waals surface area contributed by atoms with Crippen molar-refractivity contribution in [2.24, 2.45) is 0 Å². The fourth-order valence-electron chi connectivity index (χ4n) is 3.04. The maximum atomic E-state index is 5.80. The fraction of sp³-hybridized carbons (Fsp3) is 0.182. The summed E-state index contributed by atoms with van der Waals surface area (Å²) in [4.78, 5) is 0. The van der Waals surface area contributed by atoms with Gasteiger partial charge in [-0.15, -0.1) is 0 Å². The van der Waals surface area contributed by atoms with Crippen molar-refractivity contribution in [3.05, 3.63) is 91.0 Å². The van der Waals surface area contributed by atoms with E-state index in [1.165, 1.54) is 15.9 Å².